The van der Waals surface area contributed by atoms with Gasteiger partial charge >= 0.3 is 5.97 Å². The second-order valence-electron chi connectivity index (χ2n) is 4.18. The van der Waals surface area contributed by atoms with Crippen molar-refractivity contribution in [3.63, 3.8) is 0 Å². The molecule has 0 aliphatic carbocycles. The van der Waals surface area contributed by atoms with Crippen molar-refractivity contribution in [2.45, 2.75) is 25.8 Å². The molecule has 0 amide bonds. The highest BCUT2D eigenvalue weighted by molar-refractivity contribution is 9.10. The molecule has 1 aliphatic heterocycles. The van der Waals surface area contributed by atoms with Crippen LogP contribution in [-0.2, 0) is 4.79 Å². The summed E-state index contributed by atoms with van der Waals surface area (Å²) in [4.78, 5) is 10.6. The first kappa shape index (κ1) is 13.2. The van der Waals surface area contributed by atoms with Crippen LogP contribution in [0.4, 0.5) is 0 Å². The third-order valence-corrected chi connectivity index (χ3v) is 3.97. The molecule has 0 aromatic heterocycles. The van der Waals surface area contributed by atoms with Gasteiger partial charge in [-0.2, -0.15) is 0 Å². The minimum absolute atomic E-state index is 0.0428. The Balaban J connectivity index is 2.28. The van der Waals surface area contributed by atoms with E-state index < -0.39 is 5.97 Å². The quantitative estimate of drug-likeness (QED) is 0.891. The van der Waals surface area contributed by atoms with E-state index in [4.69, 9.17) is 20.3 Å². The zero-order chi connectivity index (χ0) is 13.3. The van der Waals surface area contributed by atoms with E-state index in [0.29, 0.717) is 12.2 Å². The van der Waals surface area contributed by atoms with Crippen LogP contribution >= 0.6 is 15.9 Å². The Morgan fingerprint density at radius 2 is 2.33 bits per heavy atom. The molecule has 0 saturated heterocycles. The predicted octanol–water partition coefficient (Wildman–Crippen LogP) is 2.35. The highest BCUT2D eigenvalue weighted by atomic mass is 79.9. The lowest BCUT2D eigenvalue weighted by atomic mass is 10.00. The van der Waals surface area contributed by atoms with Gasteiger partial charge in [0.1, 0.15) is 0 Å². The van der Waals surface area contributed by atoms with Crippen LogP contribution in [0.3, 0.4) is 0 Å². The minimum atomic E-state index is -0.848. The zero-order valence-electron chi connectivity index (χ0n) is 9.90. The summed E-state index contributed by atoms with van der Waals surface area (Å²) in [6.45, 7) is 2.11. The van der Waals surface area contributed by atoms with Crippen LogP contribution in [0.5, 0.6) is 11.5 Å². The lowest BCUT2D eigenvalue weighted by Crippen LogP contribution is -2.13. The number of hydrogen-bond acceptors (Lipinski definition) is 4. The molecule has 1 aromatic carbocycles. The van der Waals surface area contributed by atoms with Crippen molar-refractivity contribution in [3.8, 4) is 11.5 Å². The number of carboxylic acids is 1. The zero-order valence-corrected chi connectivity index (χ0v) is 11.5. The summed E-state index contributed by atoms with van der Waals surface area (Å²) in [5, 5.41) is 8.68. The molecule has 18 heavy (non-hydrogen) atoms. The van der Waals surface area contributed by atoms with Gasteiger partial charge in [0.05, 0.1) is 0 Å². The maximum Gasteiger partial charge on any atom is 0.303 e. The molecule has 0 saturated carbocycles. The summed E-state index contributed by atoms with van der Waals surface area (Å²) < 4.78 is 11.5. The van der Waals surface area contributed by atoms with Crippen LogP contribution in [0, 0.1) is 6.92 Å². The molecule has 2 rings (SSSR count). The second-order valence-corrected chi connectivity index (χ2v) is 4.97. The molecule has 1 heterocycles. The van der Waals surface area contributed by atoms with Crippen molar-refractivity contribution in [1.29, 1.82) is 0 Å². The molecule has 0 fully saturated rings. The molecule has 5 nitrogen and oxygen atoms in total. The summed E-state index contributed by atoms with van der Waals surface area (Å²) in [7, 11) is 0. The Bertz CT molecular complexity index is 489. The first-order chi connectivity index (χ1) is 8.50. The third-order valence-electron chi connectivity index (χ3n) is 2.92. The van der Waals surface area contributed by atoms with Gasteiger partial charge in [-0.05, 0) is 25.0 Å². The lowest BCUT2D eigenvalue weighted by Gasteiger charge is -2.16. The van der Waals surface area contributed by atoms with E-state index in [2.05, 4.69) is 15.9 Å². The molecule has 1 aromatic rings. The maximum atomic E-state index is 10.6. The number of carbonyl (C=O) groups is 1. The average Bonchev–Trinajstić information content (AvgIpc) is 2.79. The van der Waals surface area contributed by atoms with Crippen LogP contribution in [0.1, 0.15) is 30.0 Å². The monoisotopic (exact) mass is 315 g/mol. The largest absolute Gasteiger partial charge is 0.481 e. The molecule has 1 atom stereocenters. The Hall–Kier alpha value is -1.27. The van der Waals surface area contributed by atoms with Crippen LogP contribution < -0.4 is 15.2 Å². The van der Waals surface area contributed by atoms with Gasteiger partial charge in [-0.1, -0.05) is 15.9 Å². The van der Waals surface area contributed by atoms with E-state index in [9.17, 15) is 4.79 Å². The summed E-state index contributed by atoms with van der Waals surface area (Å²) in [6, 6.07) is 1.47. The fourth-order valence-electron chi connectivity index (χ4n) is 1.91. The Morgan fingerprint density at radius 1 is 1.61 bits per heavy atom. The molecule has 1 unspecified atom stereocenters. The number of nitrogens with two attached hydrogens (primary N) is 1. The highest BCUT2D eigenvalue weighted by Gasteiger charge is 2.23. The number of benzene rings is 1. The van der Waals surface area contributed by atoms with Crippen LogP contribution in [-0.4, -0.2) is 17.9 Å². The van der Waals surface area contributed by atoms with Gasteiger partial charge in [-0.3, -0.25) is 4.79 Å². The maximum absolute atomic E-state index is 10.6. The normalized spacial score (nSPS) is 14.6. The van der Waals surface area contributed by atoms with Gasteiger partial charge in [0, 0.05) is 22.5 Å². The number of aliphatic carboxylic acids is 1. The number of hydrogen-bond donors (Lipinski definition) is 2. The molecule has 98 valence electrons. The summed E-state index contributed by atoms with van der Waals surface area (Å²) in [5.41, 5.74) is 7.78. The van der Waals surface area contributed by atoms with Crippen molar-refractivity contribution in [2.75, 3.05) is 6.79 Å². The number of carboxylic acid groups (broad SMARTS) is 1. The van der Waals surface area contributed by atoms with Gasteiger partial charge in [-0.15, -0.1) is 0 Å². The standard InChI is InChI=1S/C12H14BrNO4/c1-6-11(13)7(8(14)2-3-10(15)16)4-9-12(6)18-5-17-9/h4,8H,2-3,5,14H2,1H3,(H,15,16). The third kappa shape index (κ3) is 2.44. The number of ether oxygens (including phenoxy) is 2. The highest BCUT2D eigenvalue weighted by Crippen LogP contribution is 2.43. The van der Waals surface area contributed by atoms with E-state index in [1.165, 1.54) is 0 Å². The fourth-order valence-corrected chi connectivity index (χ4v) is 2.50. The summed E-state index contributed by atoms with van der Waals surface area (Å²) in [5.74, 6) is 0.534. The predicted molar refractivity (Wildman–Crippen MR) is 68.8 cm³/mol. The summed E-state index contributed by atoms with van der Waals surface area (Å²) in [6.07, 6.45) is 0.425. The molecular formula is C12H14BrNO4. The van der Waals surface area contributed by atoms with Crippen molar-refractivity contribution in [1.82, 2.24) is 0 Å². The first-order valence-electron chi connectivity index (χ1n) is 5.56. The van der Waals surface area contributed by atoms with Crippen LogP contribution in [0.25, 0.3) is 0 Å². The number of rotatable bonds is 4. The number of fused-ring (bicyclic) bond motifs is 1. The molecular weight excluding hydrogens is 302 g/mol. The first-order valence-corrected chi connectivity index (χ1v) is 6.36. The van der Waals surface area contributed by atoms with Crippen molar-refractivity contribution in [2.24, 2.45) is 5.73 Å². The fraction of sp³-hybridized carbons (Fsp3) is 0.417. The van der Waals surface area contributed by atoms with E-state index in [1.54, 1.807) is 0 Å². The minimum Gasteiger partial charge on any atom is -0.481 e. The molecule has 0 spiro atoms. The van der Waals surface area contributed by atoms with E-state index in [-0.39, 0.29) is 19.3 Å². The van der Waals surface area contributed by atoms with Crippen LogP contribution in [0.15, 0.2) is 10.5 Å². The van der Waals surface area contributed by atoms with Gasteiger partial charge in [0.2, 0.25) is 6.79 Å². The molecule has 6 heteroatoms. The number of halogens is 1. The van der Waals surface area contributed by atoms with Crippen molar-refractivity contribution in [3.05, 3.63) is 21.7 Å². The van der Waals surface area contributed by atoms with Gasteiger partial charge in [0.15, 0.2) is 11.5 Å². The Labute approximate surface area is 113 Å². The van der Waals surface area contributed by atoms with Gasteiger partial charge in [-0.25, -0.2) is 0 Å². The van der Waals surface area contributed by atoms with E-state index in [1.807, 2.05) is 13.0 Å². The average molecular weight is 316 g/mol. The van der Waals surface area contributed by atoms with E-state index in [0.717, 1.165) is 21.3 Å². The van der Waals surface area contributed by atoms with Crippen LogP contribution in [0.2, 0.25) is 0 Å². The van der Waals surface area contributed by atoms with Gasteiger partial charge < -0.3 is 20.3 Å². The molecule has 3 N–H and O–H groups in total. The molecule has 0 bridgehead atoms. The smallest absolute Gasteiger partial charge is 0.303 e. The molecule has 0 radical (unpaired) electrons. The Morgan fingerprint density at radius 3 is 3.00 bits per heavy atom. The SMILES string of the molecule is Cc1c(Br)c(C(N)CCC(=O)O)cc2c1OCO2. The van der Waals surface area contributed by atoms with Crippen molar-refractivity contribution < 1.29 is 19.4 Å². The lowest BCUT2D eigenvalue weighted by molar-refractivity contribution is -0.137. The second kappa shape index (κ2) is 5.16. The van der Waals surface area contributed by atoms with Crippen molar-refractivity contribution >= 4 is 21.9 Å². The Kier molecular flexibility index (Phi) is 3.77. The molecule has 1 aliphatic rings. The van der Waals surface area contributed by atoms with Gasteiger partial charge in [0.25, 0.3) is 0 Å². The summed E-state index contributed by atoms with van der Waals surface area (Å²) >= 11 is 3.48. The topological polar surface area (TPSA) is 81.8 Å². The van der Waals surface area contributed by atoms with E-state index >= 15 is 0 Å².